The molecule has 8 nitrogen and oxygen atoms in total. The Morgan fingerprint density at radius 1 is 1.58 bits per heavy atom. The van der Waals surface area contributed by atoms with Crippen LogP contribution >= 0.6 is 0 Å². The predicted molar refractivity (Wildman–Crippen MR) is 67.4 cm³/mol. The van der Waals surface area contributed by atoms with Crippen molar-refractivity contribution in [2.45, 2.75) is 26.3 Å². The maximum atomic E-state index is 11.5. The normalized spacial score (nSPS) is 10.6. The van der Waals surface area contributed by atoms with Crippen molar-refractivity contribution < 1.29 is 9.53 Å². The monoisotopic (exact) mass is 264 g/mol. The van der Waals surface area contributed by atoms with Crippen molar-refractivity contribution in [3.05, 3.63) is 23.7 Å². The summed E-state index contributed by atoms with van der Waals surface area (Å²) >= 11 is 0. The lowest BCUT2D eigenvalue weighted by molar-refractivity contribution is 0.0595. The van der Waals surface area contributed by atoms with E-state index in [9.17, 15) is 4.79 Å². The highest BCUT2D eigenvalue weighted by atomic mass is 16.5. The van der Waals surface area contributed by atoms with Gasteiger partial charge in [-0.05, 0) is 13.3 Å². The van der Waals surface area contributed by atoms with Gasteiger partial charge in [-0.25, -0.2) is 14.8 Å². The van der Waals surface area contributed by atoms with E-state index < -0.39 is 5.97 Å². The number of methoxy groups -OCH3 is 1. The molecule has 0 aromatic carbocycles. The zero-order valence-corrected chi connectivity index (χ0v) is 10.9. The Balaban J connectivity index is 2.04. The van der Waals surface area contributed by atoms with Crippen molar-refractivity contribution in [3.8, 4) is 0 Å². The molecule has 0 atom stereocenters. The van der Waals surface area contributed by atoms with Crippen molar-refractivity contribution in [1.29, 1.82) is 0 Å². The second-order valence-electron chi connectivity index (χ2n) is 4.07. The number of nitrogen functional groups attached to an aromatic ring is 1. The van der Waals surface area contributed by atoms with Gasteiger partial charge in [-0.15, -0.1) is 0 Å². The molecule has 2 rings (SSSR count). The van der Waals surface area contributed by atoms with E-state index in [1.54, 1.807) is 11.5 Å². The Hall–Kier alpha value is -2.38. The van der Waals surface area contributed by atoms with Crippen molar-refractivity contribution in [3.63, 3.8) is 0 Å². The first-order chi connectivity index (χ1) is 9.13. The van der Waals surface area contributed by atoms with Crippen LogP contribution in [0.5, 0.6) is 0 Å². The molecule has 0 spiro atoms. The molecule has 0 fully saturated rings. The molecule has 2 aromatic rings. The van der Waals surface area contributed by atoms with Crippen LogP contribution in [-0.2, 0) is 17.7 Å². The van der Waals surface area contributed by atoms with E-state index in [1.165, 1.54) is 13.4 Å². The summed E-state index contributed by atoms with van der Waals surface area (Å²) in [7, 11) is 1.31. The molecule has 0 aliphatic carbocycles. The molecule has 0 saturated heterocycles. The fraction of sp³-hybridized carbons (Fsp3) is 0.455. The first-order valence-electron chi connectivity index (χ1n) is 5.88. The number of ether oxygens (including phenoxy) is 1. The number of aromatic amines is 1. The molecule has 0 bridgehead atoms. The Morgan fingerprint density at radius 3 is 3.00 bits per heavy atom. The molecule has 8 heteroatoms. The predicted octanol–water partition coefficient (Wildman–Crippen LogP) is 0.311. The maximum absolute atomic E-state index is 11.5. The van der Waals surface area contributed by atoms with Crippen LogP contribution in [0.25, 0.3) is 0 Å². The number of aryl methyl sites for hydroxylation is 2. The van der Waals surface area contributed by atoms with Crippen molar-refractivity contribution in [1.82, 2.24) is 24.7 Å². The van der Waals surface area contributed by atoms with E-state index in [4.69, 9.17) is 5.73 Å². The van der Waals surface area contributed by atoms with Gasteiger partial charge in [0.2, 0.25) is 0 Å². The summed E-state index contributed by atoms with van der Waals surface area (Å²) < 4.78 is 6.43. The van der Waals surface area contributed by atoms with Crippen molar-refractivity contribution in [2.24, 2.45) is 0 Å². The third kappa shape index (κ3) is 2.72. The summed E-state index contributed by atoms with van der Waals surface area (Å²) in [6.07, 6.45) is 3.04. The third-order valence-corrected chi connectivity index (χ3v) is 2.84. The van der Waals surface area contributed by atoms with Gasteiger partial charge in [-0.3, -0.25) is 5.10 Å². The topological polar surface area (TPSA) is 112 Å². The van der Waals surface area contributed by atoms with Gasteiger partial charge < -0.3 is 15.0 Å². The van der Waals surface area contributed by atoms with Crippen LogP contribution in [0.15, 0.2) is 6.33 Å². The number of hydrogen-bond acceptors (Lipinski definition) is 6. The number of hydrogen-bond donors (Lipinski definition) is 2. The minimum Gasteiger partial charge on any atom is -0.464 e. The number of esters is 1. The maximum Gasteiger partial charge on any atom is 0.360 e. The Bertz CT molecular complexity index is 560. The van der Waals surface area contributed by atoms with Crippen molar-refractivity contribution in [2.75, 3.05) is 12.8 Å². The van der Waals surface area contributed by atoms with E-state index in [-0.39, 0.29) is 5.69 Å². The standard InChI is InChI=1S/C11H16N6O2/c1-7-15-9(11(18)19-2)10(12)17(7)5-3-4-8-13-6-14-16-8/h6H,3-5,12H2,1-2H3,(H,13,14,16). The lowest BCUT2D eigenvalue weighted by Gasteiger charge is -2.06. The highest BCUT2D eigenvalue weighted by Gasteiger charge is 2.18. The highest BCUT2D eigenvalue weighted by Crippen LogP contribution is 2.16. The van der Waals surface area contributed by atoms with E-state index in [0.29, 0.717) is 18.2 Å². The molecular formula is C11H16N6O2. The average molecular weight is 264 g/mol. The van der Waals surface area contributed by atoms with Gasteiger partial charge in [-0.2, -0.15) is 5.10 Å². The zero-order valence-electron chi connectivity index (χ0n) is 10.9. The quantitative estimate of drug-likeness (QED) is 0.752. The van der Waals surface area contributed by atoms with Crippen LogP contribution in [0, 0.1) is 6.92 Å². The molecule has 0 radical (unpaired) electrons. The van der Waals surface area contributed by atoms with Crippen LogP contribution in [-0.4, -0.2) is 37.8 Å². The summed E-state index contributed by atoms with van der Waals surface area (Å²) in [5.41, 5.74) is 6.07. The fourth-order valence-electron chi connectivity index (χ4n) is 1.87. The van der Waals surface area contributed by atoms with Gasteiger partial charge in [0.1, 0.15) is 23.8 Å². The molecule has 3 N–H and O–H groups in total. The van der Waals surface area contributed by atoms with Crippen LogP contribution in [0.1, 0.15) is 28.6 Å². The lowest BCUT2D eigenvalue weighted by Crippen LogP contribution is -2.09. The number of nitrogens with two attached hydrogens (primary N) is 1. The second-order valence-corrected chi connectivity index (χ2v) is 4.07. The molecule has 2 aromatic heterocycles. The van der Waals surface area contributed by atoms with E-state index in [2.05, 4.69) is 24.9 Å². The number of rotatable bonds is 5. The van der Waals surface area contributed by atoms with Crippen LogP contribution in [0.3, 0.4) is 0 Å². The molecule has 0 amide bonds. The smallest absolute Gasteiger partial charge is 0.360 e. The zero-order chi connectivity index (χ0) is 13.8. The number of nitrogens with one attached hydrogen (secondary N) is 1. The van der Waals surface area contributed by atoms with E-state index in [1.807, 2.05) is 0 Å². The number of aromatic nitrogens is 5. The number of anilines is 1. The number of carbonyl (C=O) groups excluding carboxylic acids is 1. The number of H-pyrrole nitrogens is 1. The van der Waals surface area contributed by atoms with Gasteiger partial charge in [0, 0.05) is 13.0 Å². The number of nitrogens with zero attached hydrogens (tertiary/aromatic N) is 4. The summed E-state index contributed by atoms with van der Waals surface area (Å²) in [5.74, 6) is 1.33. The third-order valence-electron chi connectivity index (χ3n) is 2.84. The summed E-state index contributed by atoms with van der Waals surface area (Å²) in [5, 5.41) is 6.57. The SMILES string of the molecule is COC(=O)c1nc(C)n(CCCc2ncn[nH]2)c1N. The van der Waals surface area contributed by atoms with Gasteiger partial charge in [0.15, 0.2) is 5.69 Å². The molecule has 0 saturated carbocycles. The number of carbonyl (C=O) groups is 1. The van der Waals surface area contributed by atoms with Gasteiger partial charge in [0.05, 0.1) is 7.11 Å². The number of imidazole rings is 1. The molecule has 19 heavy (non-hydrogen) atoms. The average Bonchev–Trinajstić information content (AvgIpc) is 3.00. The minimum absolute atomic E-state index is 0.166. The molecule has 2 heterocycles. The molecule has 0 aliphatic rings. The van der Waals surface area contributed by atoms with Gasteiger partial charge >= 0.3 is 5.97 Å². The Morgan fingerprint density at radius 2 is 2.37 bits per heavy atom. The van der Waals surface area contributed by atoms with E-state index in [0.717, 1.165) is 18.7 Å². The molecule has 0 aliphatic heterocycles. The molecular weight excluding hydrogens is 248 g/mol. The summed E-state index contributed by atoms with van der Waals surface area (Å²) in [6, 6.07) is 0. The van der Waals surface area contributed by atoms with Crippen LogP contribution in [0.4, 0.5) is 5.82 Å². The molecule has 0 unspecified atom stereocenters. The van der Waals surface area contributed by atoms with Gasteiger partial charge in [0.25, 0.3) is 0 Å². The summed E-state index contributed by atoms with van der Waals surface area (Å²) in [6.45, 7) is 2.46. The second kappa shape index (κ2) is 5.51. The highest BCUT2D eigenvalue weighted by molar-refractivity contribution is 5.92. The summed E-state index contributed by atoms with van der Waals surface area (Å²) in [4.78, 5) is 19.6. The Labute approximate surface area is 110 Å². The van der Waals surface area contributed by atoms with Crippen LogP contribution in [0.2, 0.25) is 0 Å². The first-order valence-corrected chi connectivity index (χ1v) is 5.88. The largest absolute Gasteiger partial charge is 0.464 e. The van der Waals surface area contributed by atoms with E-state index >= 15 is 0 Å². The Kier molecular flexibility index (Phi) is 3.79. The molecule has 102 valence electrons. The fourth-order valence-corrected chi connectivity index (χ4v) is 1.87. The lowest BCUT2D eigenvalue weighted by atomic mass is 10.3. The first kappa shape index (κ1) is 13.1. The minimum atomic E-state index is -0.519. The van der Waals surface area contributed by atoms with Gasteiger partial charge in [-0.1, -0.05) is 0 Å². The van der Waals surface area contributed by atoms with Crippen molar-refractivity contribution >= 4 is 11.8 Å². The van der Waals surface area contributed by atoms with Crippen LogP contribution < -0.4 is 5.73 Å².